The van der Waals surface area contributed by atoms with Crippen molar-refractivity contribution in [3.8, 4) is 0 Å². The van der Waals surface area contributed by atoms with Gasteiger partial charge in [0.1, 0.15) is 4.60 Å². The van der Waals surface area contributed by atoms with E-state index in [0.29, 0.717) is 0 Å². The average Bonchev–Trinajstić information content (AvgIpc) is 2.13. The Balaban J connectivity index is 0.000001000. The number of hydrogen-bond donors (Lipinski definition) is 1. The third-order valence-electron chi connectivity index (χ3n) is 1.22. The molecule has 0 spiro atoms. The zero-order valence-electron chi connectivity index (χ0n) is 6.47. The van der Waals surface area contributed by atoms with Gasteiger partial charge in [0.05, 0.1) is 0 Å². The van der Waals surface area contributed by atoms with Gasteiger partial charge in [0.25, 0.3) is 0 Å². The van der Waals surface area contributed by atoms with Crippen LogP contribution in [0.1, 0.15) is 5.56 Å². The summed E-state index contributed by atoms with van der Waals surface area (Å²) in [6.45, 7) is 0.856. The second-order valence-corrected chi connectivity index (χ2v) is 2.90. The van der Waals surface area contributed by atoms with Crippen molar-refractivity contribution in [3.63, 3.8) is 0 Å². The highest BCUT2D eigenvalue weighted by Gasteiger charge is 2.01. The fourth-order valence-corrected chi connectivity index (χ4v) is 1.31. The minimum atomic E-state index is 0. The normalized spacial score (nSPS) is 9.36. The Kier molecular flexibility index (Phi) is 4.72. The van der Waals surface area contributed by atoms with Crippen LogP contribution in [0.15, 0.2) is 10.8 Å². The van der Waals surface area contributed by atoms with Crippen molar-refractivity contribution in [2.75, 3.05) is 7.05 Å². The molecule has 0 saturated heterocycles. The van der Waals surface area contributed by atoms with Crippen LogP contribution in [0, 0.1) is 0 Å². The van der Waals surface area contributed by atoms with E-state index in [2.05, 4.69) is 26.3 Å². The Morgan fingerprint density at radius 1 is 1.73 bits per heavy atom. The van der Waals surface area contributed by atoms with E-state index in [0.717, 1.165) is 11.1 Å². The lowest BCUT2D eigenvalue weighted by molar-refractivity contribution is 0.759. The van der Waals surface area contributed by atoms with Crippen molar-refractivity contribution < 1.29 is 0 Å². The predicted molar refractivity (Wildman–Crippen MR) is 50.9 cm³/mol. The fourth-order valence-electron chi connectivity index (χ4n) is 0.819. The largest absolute Gasteiger partial charge is 0.316 e. The molecule has 0 atom stereocenters. The van der Waals surface area contributed by atoms with Crippen LogP contribution in [0.4, 0.5) is 0 Å². The van der Waals surface area contributed by atoms with Crippen molar-refractivity contribution >= 4 is 28.3 Å². The molecule has 1 N–H and O–H groups in total. The number of nitrogens with one attached hydrogen (secondary N) is 1. The Hall–Kier alpha value is -0.0600. The highest BCUT2D eigenvalue weighted by atomic mass is 79.9. The Morgan fingerprint density at radius 3 is 2.73 bits per heavy atom. The lowest BCUT2D eigenvalue weighted by Gasteiger charge is -1.92. The van der Waals surface area contributed by atoms with Crippen LogP contribution in [0.3, 0.4) is 0 Å². The zero-order chi connectivity index (χ0) is 7.56. The van der Waals surface area contributed by atoms with Crippen LogP contribution in [-0.4, -0.2) is 16.8 Å². The minimum Gasteiger partial charge on any atom is -0.316 e. The number of nitrogens with zero attached hydrogens (tertiary/aromatic N) is 2. The summed E-state index contributed by atoms with van der Waals surface area (Å²) in [6.07, 6.45) is 1.99. The first kappa shape index (κ1) is 10.9. The molecule has 0 radical (unpaired) electrons. The maximum Gasteiger partial charge on any atom is 0.132 e. The molecule has 0 saturated carbocycles. The van der Waals surface area contributed by atoms with Gasteiger partial charge in [-0.25, -0.2) is 0 Å². The van der Waals surface area contributed by atoms with Gasteiger partial charge in [0, 0.05) is 25.4 Å². The highest BCUT2D eigenvalue weighted by molar-refractivity contribution is 9.10. The van der Waals surface area contributed by atoms with Crippen molar-refractivity contribution in [2.45, 2.75) is 6.54 Å². The van der Waals surface area contributed by atoms with Gasteiger partial charge in [-0.2, -0.15) is 5.10 Å². The lowest BCUT2D eigenvalue weighted by atomic mass is 10.4. The van der Waals surface area contributed by atoms with E-state index >= 15 is 0 Å². The Bertz CT molecular complexity index is 224. The standard InChI is InChI=1S/C6H10BrN3.ClH/c1-8-3-5-4-10(2)9-6(5)7;/h4,8H,3H2,1-2H3;1H. The lowest BCUT2D eigenvalue weighted by Crippen LogP contribution is -2.04. The first-order chi connectivity index (χ1) is 4.74. The fraction of sp³-hybridized carbons (Fsp3) is 0.500. The highest BCUT2D eigenvalue weighted by Crippen LogP contribution is 2.12. The van der Waals surface area contributed by atoms with Crippen molar-refractivity contribution in [3.05, 3.63) is 16.4 Å². The number of hydrogen-bond acceptors (Lipinski definition) is 2. The van der Waals surface area contributed by atoms with E-state index in [1.165, 1.54) is 5.56 Å². The molecule has 0 aliphatic carbocycles. The molecular weight excluding hydrogens is 229 g/mol. The summed E-state index contributed by atoms with van der Waals surface area (Å²) < 4.78 is 2.71. The average molecular weight is 241 g/mol. The number of rotatable bonds is 2. The van der Waals surface area contributed by atoms with Crippen molar-refractivity contribution in [1.82, 2.24) is 15.1 Å². The van der Waals surface area contributed by atoms with Gasteiger partial charge in [0.15, 0.2) is 0 Å². The molecule has 5 heteroatoms. The molecule has 0 amide bonds. The van der Waals surface area contributed by atoms with E-state index in [9.17, 15) is 0 Å². The number of halogens is 2. The van der Waals surface area contributed by atoms with Gasteiger partial charge in [-0.15, -0.1) is 12.4 Å². The topological polar surface area (TPSA) is 29.9 Å². The molecule has 1 rings (SSSR count). The molecule has 0 aliphatic rings. The second kappa shape index (κ2) is 4.74. The molecule has 0 unspecified atom stereocenters. The monoisotopic (exact) mass is 239 g/mol. The van der Waals surface area contributed by atoms with Crippen LogP contribution in [0.2, 0.25) is 0 Å². The number of aryl methyl sites for hydroxylation is 1. The first-order valence-electron chi connectivity index (χ1n) is 3.06. The summed E-state index contributed by atoms with van der Waals surface area (Å²) in [7, 11) is 3.82. The van der Waals surface area contributed by atoms with Gasteiger partial charge >= 0.3 is 0 Å². The Morgan fingerprint density at radius 2 is 2.36 bits per heavy atom. The molecule has 0 aromatic carbocycles. The SMILES string of the molecule is CNCc1cn(C)nc1Br.Cl. The van der Waals surface area contributed by atoms with Gasteiger partial charge in [-0.3, -0.25) is 4.68 Å². The van der Waals surface area contributed by atoms with Crippen LogP contribution in [-0.2, 0) is 13.6 Å². The van der Waals surface area contributed by atoms with E-state index in [1.54, 1.807) is 4.68 Å². The van der Waals surface area contributed by atoms with Crippen LogP contribution in [0.5, 0.6) is 0 Å². The zero-order valence-corrected chi connectivity index (χ0v) is 8.87. The Labute approximate surface area is 80.7 Å². The molecule has 1 aromatic rings. The molecule has 1 aromatic heterocycles. The summed E-state index contributed by atoms with van der Waals surface area (Å²) in [5.41, 5.74) is 1.19. The van der Waals surface area contributed by atoms with Crippen LogP contribution in [0.25, 0.3) is 0 Å². The minimum absolute atomic E-state index is 0. The van der Waals surface area contributed by atoms with Crippen molar-refractivity contribution in [2.24, 2.45) is 7.05 Å². The van der Waals surface area contributed by atoms with Gasteiger partial charge in [0.2, 0.25) is 0 Å². The van der Waals surface area contributed by atoms with Crippen molar-refractivity contribution in [1.29, 1.82) is 0 Å². The van der Waals surface area contributed by atoms with Crippen LogP contribution < -0.4 is 5.32 Å². The quantitative estimate of drug-likeness (QED) is 0.845. The molecule has 1 heterocycles. The molecule has 0 fully saturated rings. The molecule has 3 nitrogen and oxygen atoms in total. The summed E-state index contributed by atoms with van der Waals surface area (Å²) in [6, 6.07) is 0. The maximum atomic E-state index is 4.12. The first-order valence-corrected chi connectivity index (χ1v) is 3.86. The smallest absolute Gasteiger partial charge is 0.132 e. The summed E-state index contributed by atoms with van der Waals surface area (Å²) in [5.74, 6) is 0. The van der Waals surface area contributed by atoms with Crippen LogP contribution >= 0.6 is 28.3 Å². The van der Waals surface area contributed by atoms with Gasteiger partial charge in [-0.1, -0.05) is 0 Å². The third-order valence-corrected chi connectivity index (χ3v) is 1.89. The maximum absolute atomic E-state index is 4.12. The van der Waals surface area contributed by atoms with E-state index in [4.69, 9.17) is 0 Å². The summed E-state index contributed by atoms with van der Waals surface area (Å²) in [4.78, 5) is 0. The van der Waals surface area contributed by atoms with E-state index in [-0.39, 0.29) is 12.4 Å². The van der Waals surface area contributed by atoms with Gasteiger partial charge in [-0.05, 0) is 23.0 Å². The summed E-state index contributed by atoms with van der Waals surface area (Å²) in [5, 5.41) is 7.18. The number of aromatic nitrogens is 2. The molecule has 64 valence electrons. The van der Waals surface area contributed by atoms with E-state index in [1.807, 2.05) is 20.3 Å². The third kappa shape index (κ3) is 2.81. The molecule has 0 bridgehead atoms. The molecule has 0 aliphatic heterocycles. The predicted octanol–water partition coefficient (Wildman–Crippen LogP) is 1.32. The molecule has 11 heavy (non-hydrogen) atoms. The molecular formula is C6H11BrClN3. The second-order valence-electron chi connectivity index (χ2n) is 2.15. The summed E-state index contributed by atoms with van der Waals surface area (Å²) >= 11 is 3.35. The van der Waals surface area contributed by atoms with Gasteiger partial charge < -0.3 is 5.32 Å². The van der Waals surface area contributed by atoms with E-state index < -0.39 is 0 Å².